The lowest BCUT2D eigenvalue weighted by Crippen LogP contribution is -2.57. The van der Waals surface area contributed by atoms with Gasteiger partial charge in [0.1, 0.15) is 5.75 Å². The van der Waals surface area contributed by atoms with Crippen LogP contribution in [0.15, 0.2) is 53.4 Å². The maximum atomic E-state index is 13.4. The second-order valence-electron chi connectivity index (χ2n) is 8.46. The zero-order valence-corrected chi connectivity index (χ0v) is 18.9. The highest BCUT2D eigenvalue weighted by Gasteiger charge is 2.46. The van der Waals surface area contributed by atoms with Crippen molar-refractivity contribution in [3.63, 3.8) is 0 Å². The second-order valence-corrected chi connectivity index (χ2v) is 10.4. The van der Waals surface area contributed by atoms with Crippen molar-refractivity contribution >= 4 is 22.4 Å². The molecule has 2 fully saturated rings. The molecule has 5 rings (SSSR count). The Balaban J connectivity index is 0.00000218. The maximum Gasteiger partial charge on any atom is 0.243 e. The molecule has 3 heterocycles. The maximum absolute atomic E-state index is 13.4. The summed E-state index contributed by atoms with van der Waals surface area (Å²) in [6.45, 7) is 2.65. The van der Waals surface area contributed by atoms with Crippen LogP contribution in [-0.4, -0.2) is 50.4 Å². The fourth-order valence-electron chi connectivity index (χ4n) is 5.54. The van der Waals surface area contributed by atoms with Gasteiger partial charge < -0.3 is 4.74 Å². The van der Waals surface area contributed by atoms with Gasteiger partial charge in [-0.25, -0.2) is 8.42 Å². The Labute approximate surface area is 185 Å². The number of methoxy groups -OCH3 is 1. The molecule has 30 heavy (non-hydrogen) atoms. The molecule has 0 bridgehead atoms. The molecule has 0 aliphatic carbocycles. The molecule has 0 aromatic heterocycles. The molecular weight excluding hydrogens is 420 g/mol. The minimum Gasteiger partial charge on any atom is -0.497 e. The van der Waals surface area contributed by atoms with Gasteiger partial charge in [0.05, 0.1) is 12.0 Å². The fraction of sp³-hybridized carbons (Fsp3) is 0.478. The largest absolute Gasteiger partial charge is 0.497 e. The molecule has 0 unspecified atom stereocenters. The van der Waals surface area contributed by atoms with E-state index < -0.39 is 10.0 Å². The lowest BCUT2D eigenvalue weighted by molar-refractivity contribution is 0.0219. The van der Waals surface area contributed by atoms with E-state index in [2.05, 4.69) is 17.0 Å². The number of hydrogen-bond donors (Lipinski definition) is 0. The van der Waals surface area contributed by atoms with Gasteiger partial charge >= 0.3 is 0 Å². The normalized spacial score (nSPS) is 26.6. The molecular formula is C23H29ClN2O3S. The molecule has 162 valence electrons. The fourth-order valence-corrected chi connectivity index (χ4v) is 7.30. The Hall–Kier alpha value is -1.60. The molecule has 3 aliphatic rings. The van der Waals surface area contributed by atoms with E-state index in [9.17, 15) is 8.42 Å². The van der Waals surface area contributed by atoms with Crippen molar-refractivity contribution in [3.8, 4) is 5.75 Å². The minimum atomic E-state index is -3.46. The SMILES string of the molecule is COc1ccc2c(c1)CCN1C[C@H]3CCCN(S(=O)(=O)c4ccccc4)[C@H]3C[C@@H]21.Cl. The highest BCUT2D eigenvalue weighted by Crippen LogP contribution is 2.44. The van der Waals surface area contributed by atoms with Crippen LogP contribution in [-0.2, 0) is 16.4 Å². The molecule has 3 aliphatic heterocycles. The van der Waals surface area contributed by atoms with E-state index in [4.69, 9.17) is 4.74 Å². The third-order valence-electron chi connectivity index (χ3n) is 6.97. The van der Waals surface area contributed by atoms with E-state index >= 15 is 0 Å². The van der Waals surface area contributed by atoms with Gasteiger partial charge in [-0.1, -0.05) is 24.3 Å². The van der Waals surface area contributed by atoms with Crippen LogP contribution in [0.4, 0.5) is 0 Å². The molecule has 2 aromatic carbocycles. The van der Waals surface area contributed by atoms with Gasteiger partial charge in [-0.05, 0) is 67.0 Å². The number of fused-ring (bicyclic) bond motifs is 4. The Morgan fingerprint density at radius 3 is 2.63 bits per heavy atom. The standard InChI is InChI=1S/C23H28N2O3S.ClH/c1-28-19-9-10-21-17(14-19)11-13-24-16-18-6-5-12-25(22(18)15-23(21)24)29(26,27)20-7-3-2-4-8-20;/h2-4,7-10,14,18,22-23H,5-6,11-13,15-16H2,1H3;1H/t18-,22+,23+;/m1./s1. The van der Waals surface area contributed by atoms with Crippen LogP contribution in [0.25, 0.3) is 0 Å². The third-order valence-corrected chi connectivity index (χ3v) is 8.91. The highest BCUT2D eigenvalue weighted by atomic mass is 35.5. The number of benzene rings is 2. The summed E-state index contributed by atoms with van der Waals surface area (Å²) in [6.07, 6.45) is 3.96. The van der Waals surface area contributed by atoms with E-state index in [1.807, 2.05) is 28.6 Å². The monoisotopic (exact) mass is 448 g/mol. The van der Waals surface area contributed by atoms with Gasteiger partial charge in [0.15, 0.2) is 0 Å². The zero-order chi connectivity index (χ0) is 20.0. The molecule has 2 saturated heterocycles. The number of sulfonamides is 1. The predicted octanol–water partition coefficient (Wildman–Crippen LogP) is 3.89. The van der Waals surface area contributed by atoms with Crippen molar-refractivity contribution in [3.05, 3.63) is 59.7 Å². The van der Waals surface area contributed by atoms with Crippen LogP contribution in [0.1, 0.15) is 36.4 Å². The number of piperidine rings is 2. The number of nitrogens with zero attached hydrogens (tertiary/aromatic N) is 2. The third kappa shape index (κ3) is 3.64. The van der Waals surface area contributed by atoms with Crippen LogP contribution in [0.5, 0.6) is 5.75 Å². The summed E-state index contributed by atoms with van der Waals surface area (Å²) in [7, 11) is -1.76. The first kappa shape index (κ1) is 21.6. The van der Waals surface area contributed by atoms with Crippen molar-refractivity contribution in [2.24, 2.45) is 5.92 Å². The van der Waals surface area contributed by atoms with E-state index in [1.165, 1.54) is 11.1 Å². The van der Waals surface area contributed by atoms with Gasteiger partial charge in [0.2, 0.25) is 10.0 Å². The van der Waals surface area contributed by atoms with Crippen molar-refractivity contribution in [1.82, 2.24) is 9.21 Å². The number of hydrogen-bond acceptors (Lipinski definition) is 4. The Morgan fingerprint density at radius 1 is 1.07 bits per heavy atom. The summed E-state index contributed by atoms with van der Waals surface area (Å²) >= 11 is 0. The molecule has 0 N–H and O–H groups in total. The van der Waals surface area contributed by atoms with Gasteiger partial charge in [-0.2, -0.15) is 4.31 Å². The Kier molecular flexibility index (Phi) is 6.13. The van der Waals surface area contributed by atoms with Gasteiger partial charge in [-0.3, -0.25) is 4.90 Å². The second kappa shape index (κ2) is 8.50. The molecule has 2 aromatic rings. The average molecular weight is 449 g/mol. The Bertz CT molecular complexity index is 999. The van der Waals surface area contributed by atoms with Crippen LogP contribution in [0.3, 0.4) is 0 Å². The molecule has 0 radical (unpaired) electrons. The molecule has 3 atom stereocenters. The average Bonchev–Trinajstić information content (AvgIpc) is 2.77. The molecule has 5 nitrogen and oxygen atoms in total. The van der Waals surface area contributed by atoms with E-state index in [-0.39, 0.29) is 24.5 Å². The molecule has 0 spiro atoms. The summed E-state index contributed by atoms with van der Waals surface area (Å²) in [6, 6.07) is 15.6. The van der Waals surface area contributed by atoms with Crippen LogP contribution in [0, 0.1) is 5.92 Å². The summed E-state index contributed by atoms with van der Waals surface area (Å²) in [5.74, 6) is 1.31. The van der Waals surface area contributed by atoms with E-state index in [1.54, 1.807) is 19.2 Å². The van der Waals surface area contributed by atoms with Crippen molar-refractivity contribution in [1.29, 1.82) is 0 Å². The summed E-state index contributed by atoms with van der Waals surface area (Å²) in [5, 5.41) is 0. The smallest absolute Gasteiger partial charge is 0.243 e. The van der Waals surface area contributed by atoms with Crippen LogP contribution in [0.2, 0.25) is 0 Å². The van der Waals surface area contributed by atoms with Crippen molar-refractivity contribution in [2.75, 3.05) is 26.7 Å². The first-order chi connectivity index (χ1) is 14.1. The van der Waals surface area contributed by atoms with Crippen LogP contribution < -0.4 is 4.74 Å². The lowest BCUT2D eigenvalue weighted by Gasteiger charge is -2.51. The first-order valence-electron chi connectivity index (χ1n) is 10.6. The highest BCUT2D eigenvalue weighted by molar-refractivity contribution is 7.89. The van der Waals surface area contributed by atoms with Gasteiger partial charge in [-0.15, -0.1) is 12.4 Å². The summed E-state index contributed by atoms with van der Waals surface area (Å²) < 4.78 is 34.1. The van der Waals surface area contributed by atoms with E-state index in [0.717, 1.165) is 44.5 Å². The van der Waals surface area contributed by atoms with Crippen molar-refractivity contribution in [2.45, 2.75) is 42.7 Å². The quantitative estimate of drug-likeness (QED) is 0.714. The first-order valence-corrected chi connectivity index (χ1v) is 12.0. The van der Waals surface area contributed by atoms with E-state index in [0.29, 0.717) is 17.4 Å². The lowest BCUT2D eigenvalue weighted by atomic mass is 9.77. The summed E-state index contributed by atoms with van der Waals surface area (Å²) in [4.78, 5) is 2.99. The van der Waals surface area contributed by atoms with Crippen molar-refractivity contribution < 1.29 is 13.2 Å². The molecule has 0 amide bonds. The summed E-state index contributed by atoms with van der Waals surface area (Å²) in [5.41, 5.74) is 2.69. The van der Waals surface area contributed by atoms with Gasteiger partial charge in [0, 0.05) is 31.7 Å². The van der Waals surface area contributed by atoms with Gasteiger partial charge in [0.25, 0.3) is 0 Å². The number of ether oxygens (including phenoxy) is 1. The topological polar surface area (TPSA) is 49.9 Å². The molecule has 7 heteroatoms. The Morgan fingerprint density at radius 2 is 1.87 bits per heavy atom. The van der Waals surface area contributed by atoms with Crippen LogP contribution >= 0.6 is 12.4 Å². The minimum absolute atomic E-state index is 0. The zero-order valence-electron chi connectivity index (χ0n) is 17.2. The predicted molar refractivity (Wildman–Crippen MR) is 120 cm³/mol. The number of halogens is 1. The molecule has 0 saturated carbocycles. The number of rotatable bonds is 3.